The van der Waals surface area contributed by atoms with E-state index in [4.69, 9.17) is 0 Å². The van der Waals surface area contributed by atoms with Crippen molar-refractivity contribution in [3.63, 3.8) is 0 Å². The Kier molecular flexibility index (Phi) is 3.39. The Morgan fingerprint density at radius 1 is 0.957 bits per heavy atom. The van der Waals surface area contributed by atoms with Gasteiger partial charge in [0.1, 0.15) is 5.82 Å². The minimum Gasteiger partial charge on any atom is -0.294 e. The van der Waals surface area contributed by atoms with E-state index in [1.807, 2.05) is 48.5 Å². The first-order valence-corrected chi connectivity index (χ1v) is 8.01. The van der Waals surface area contributed by atoms with Gasteiger partial charge in [-0.15, -0.1) is 0 Å². The summed E-state index contributed by atoms with van der Waals surface area (Å²) in [5, 5.41) is 2.17. The fourth-order valence-corrected chi connectivity index (χ4v) is 3.15. The molecule has 4 aromatic rings. The van der Waals surface area contributed by atoms with E-state index in [1.165, 1.54) is 0 Å². The normalized spacial score (nSPS) is 11.2. The molecule has 0 atom stereocenters. The van der Waals surface area contributed by atoms with Crippen LogP contribution in [0.15, 0.2) is 66.9 Å². The molecule has 0 amide bonds. The van der Waals surface area contributed by atoms with Gasteiger partial charge in [-0.3, -0.25) is 9.36 Å². The van der Waals surface area contributed by atoms with Crippen molar-refractivity contribution in [2.24, 2.45) is 0 Å². The summed E-state index contributed by atoms with van der Waals surface area (Å²) in [6.07, 6.45) is 1.79. The Morgan fingerprint density at radius 3 is 2.52 bits per heavy atom. The van der Waals surface area contributed by atoms with Gasteiger partial charge in [0, 0.05) is 22.5 Å². The van der Waals surface area contributed by atoms with Gasteiger partial charge in [0.15, 0.2) is 5.78 Å². The molecule has 0 bridgehead atoms. The zero-order chi connectivity index (χ0) is 15.8. The number of hydrogen-bond donors (Lipinski definition) is 1. The van der Waals surface area contributed by atoms with Gasteiger partial charge in [-0.2, -0.15) is 12.6 Å². The standard InChI is InChI=1S/C19H14N2OS/c22-18(12-23)13-8-9-17-15(11-13)14-5-1-2-6-16(14)21(17)19-7-3-4-10-20-19/h1-11,23H,12H2. The highest BCUT2D eigenvalue weighted by atomic mass is 32.1. The highest BCUT2D eigenvalue weighted by Crippen LogP contribution is 2.31. The van der Waals surface area contributed by atoms with Gasteiger partial charge in [-0.25, -0.2) is 4.98 Å². The van der Waals surface area contributed by atoms with Crippen molar-refractivity contribution in [3.8, 4) is 5.82 Å². The number of rotatable bonds is 3. The molecule has 0 aliphatic heterocycles. The van der Waals surface area contributed by atoms with Crippen molar-refractivity contribution in [1.82, 2.24) is 9.55 Å². The predicted molar refractivity (Wildman–Crippen MR) is 96.8 cm³/mol. The zero-order valence-electron chi connectivity index (χ0n) is 12.3. The molecule has 0 radical (unpaired) electrons. The number of ketones is 1. The van der Waals surface area contributed by atoms with Crippen LogP contribution in [0.5, 0.6) is 0 Å². The smallest absolute Gasteiger partial charge is 0.172 e. The number of hydrogen-bond acceptors (Lipinski definition) is 3. The van der Waals surface area contributed by atoms with Crippen molar-refractivity contribution in [3.05, 3.63) is 72.4 Å². The van der Waals surface area contributed by atoms with Crippen LogP contribution in [-0.4, -0.2) is 21.1 Å². The number of carbonyl (C=O) groups excluding carboxylic acids is 1. The van der Waals surface area contributed by atoms with Crippen LogP contribution in [0.1, 0.15) is 10.4 Å². The second kappa shape index (κ2) is 5.56. The Bertz CT molecular complexity index is 1020. The highest BCUT2D eigenvalue weighted by Gasteiger charge is 2.14. The third-order valence-corrected chi connectivity index (χ3v) is 4.30. The van der Waals surface area contributed by atoms with Crippen LogP contribution in [0.2, 0.25) is 0 Å². The van der Waals surface area contributed by atoms with Crippen LogP contribution in [0.25, 0.3) is 27.6 Å². The molecule has 0 aliphatic rings. The maximum absolute atomic E-state index is 12.0. The van der Waals surface area contributed by atoms with E-state index in [0.29, 0.717) is 5.56 Å². The summed E-state index contributed by atoms with van der Waals surface area (Å²) in [5.41, 5.74) is 2.81. The van der Waals surface area contributed by atoms with Crippen molar-refractivity contribution in [2.75, 3.05) is 5.75 Å². The Labute approximate surface area is 139 Å². The van der Waals surface area contributed by atoms with E-state index >= 15 is 0 Å². The predicted octanol–water partition coefficient (Wildman–Crippen LogP) is 4.29. The Morgan fingerprint density at radius 2 is 1.74 bits per heavy atom. The van der Waals surface area contributed by atoms with E-state index in [1.54, 1.807) is 6.20 Å². The number of benzene rings is 2. The lowest BCUT2D eigenvalue weighted by molar-refractivity contribution is 0.102. The molecule has 2 aromatic heterocycles. The number of Topliss-reactive ketones (excluding diaryl/α,β-unsaturated/α-hetero) is 1. The van der Waals surface area contributed by atoms with Crippen LogP contribution < -0.4 is 0 Å². The van der Waals surface area contributed by atoms with Gasteiger partial charge in [-0.1, -0.05) is 24.3 Å². The quantitative estimate of drug-likeness (QED) is 0.452. The molecule has 0 unspecified atom stereocenters. The summed E-state index contributed by atoms with van der Waals surface area (Å²) in [7, 11) is 0. The van der Waals surface area contributed by atoms with E-state index in [-0.39, 0.29) is 11.5 Å². The van der Waals surface area contributed by atoms with Crippen molar-refractivity contribution < 1.29 is 4.79 Å². The summed E-state index contributed by atoms with van der Waals surface area (Å²) in [6, 6.07) is 19.8. The zero-order valence-corrected chi connectivity index (χ0v) is 13.2. The van der Waals surface area contributed by atoms with Gasteiger partial charge in [0.2, 0.25) is 0 Å². The molecule has 0 saturated carbocycles. The minimum absolute atomic E-state index is 0.0323. The lowest BCUT2D eigenvalue weighted by atomic mass is 10.1. The molecule has 0 fully saturated rings. The second-order valence-corrected chi connectivity index (χ2v) is 5.67. The molecule has 4 rings (SSSR count). The molecule has 0 aliphatic carbocycles. The number of aromatic nitrogens is 2. The molecule has 0 spiro atoms. The van der Waals surface area contributed by atoms with Crippen LogP contribution in [0.4, 0.5) is 0 Å². The molecule has 2 aromatic carbocycles. The monoisotopic (exact) mass is 318 g/mol. The largest absolute Gasteiger partial charge is 0.294 e. The minimum atomic E-state index is 0.0323. The number of fused-ring (bicyclic) bond motifs is 3. The SMILES string of the molecule is O=C(CS)c1ccc2c(c1)c1ccccc1n2-c1ccccn1. The van der Waals surface area contributed by atoms with Gasteiger partial charge < -0.3 is 0 Å². The summed E-state index contributed by atoms with van der Waals surface area (Å²) >= 11 is 4.09. The highest BCUT2D eigenvalue weighted by molar-refractivity contribution is 7.81. The topological polar surface area (TPSA) is 34.9 Å². The first-order valence-electron chi connectivity index (χ1n) is 7.38. The van der Waals surface area contributed by atoms with Crippen LogP contribution >= 0.6 is 12.6 Å². The average Bonchev–Trinajstić information content (AvgIpc) is 2.95. The number of para-hydroxylation sites is 1. The number of carbonyl (C=O) groups is 1. The fourth-order valence-electron chi connectivity index (χ4n) is 2.97. The van der Waals surface area contributed by atoms with Crippen LogP contribution in [0, 0.1) is 0 Å². The molecule has 3 nitrogen and oxygen atoms in total. The van der Waals surface area contributed by atoms with E-state index in [2.05, 4.69) is 34.3 Å². The van der Waals surface area contributed by atoms with E-state index in [9.17, 15) is 4.79 Å². The summed E-state index contributed by atoms with van der Waals surface area (Å²) in [4.78, 5) is 16.5. The molecule has 23 heavy (non-hydrogen) atoms. The van der Waals surface area contributed by atoms with Gasteiger partial charge >= 0.3 is 0 Å². The van der Waals surface area contributed by atoms with E-state index in [0.717, 1.165) is 27.6 Å². The molecule has 0 saturated heterocycles. The summed E-state index contributed by atoms with van der Waals surface area (Å²) in [6.45, 7) is 0. The lowest BCUT2D eigenvalue weighted by Gasteiger charge is -2.06. The maximum Gasteiger partial charge on any atom is 0.172 e. The van der Waals surface area contributed by atoms with E-state index < -0.39 is 0 Å². The summed E-state index contributed by atoms with van der Waals surface area (Å²) in [5.74, 6) is 1.11. The van der Waals surface area contributed by atoms with Crippen molar-refractivity contribution in [2.45, 2.75) is 0 Å². The Hall–Kier alpha value is -2.59. The number of nitrogens with zero attached hydrogens (tertiary/aromatic N) is 2. The third kappa shape index (κ3) is 2.23. The fraction of sp³-hybridized carbons (Fsp3) is 0.0526. The molecular weight excluding hydrogens is 304 g/mol. The summed E-state index contributed by atoms with van der Waals surface area (Å²) < 4.78 is 2.12. The molecule has 2 heterocycles. The van der Waals surface area contributed by atoms with Gasteiger partial charge in [0.25, 0.3) is 0 Å². The Balaban J connectivity index is 2.11. The lowest BCUT2D eigenvalue weighted by Crippen LogP contribution is -2.00. The van der Waals surface area contributed by atoms with Crippen LogP contribution in [-0.2, 0) is 0 Å². The maximum atomic E-state index is 12.0. The van der Waals surface area contributed by atoms with Crippen molar-refractivity contribution in [1.29, 1.82) is 0 Å². The molecular formula is C19H14N2OS. The van der Waals surface area contributed by atoms with Gasteiger partial charge in [-0.05, 0) is 36.4 Å². The van der Waals surface area contributed by atoms with Crippen molar-refractivity contribution >= 4 is 40.2 Å². The third-order valence-electron chi connectivity index (χ3n) is 4.02. The van der Waals surface area contributed by atoms with Gasteiger partial charge in [0.05, 0.1) is 16.8 Å². The molecule has 112 valence electrons. The first kappa shape index (κ1) is 14.0. The molecule has 0 N–H and O–H groups in total. The number of pyridine rings is 1. The second-order valence-electron chi connectivity index (χ2n) is 5.35. The first-order chi connectivity index (χ1) is 11.3. The average molecular weight is 318 g/mol. The molecule has 4 heteroatoms. The number of thiol groups is 1. The van der Waals surface area contributed by atoms with Crippen LogP contribution in [0.3, 0.4) is 0 Å².